The molecule has 0 amide bonds. The number of hydrogen-bond acceptors (Lipinski definition) is 3. The molecule has 1 aliphatic heterocycles. The highest BCUT2D eigenvalue weighted by Gasteiger charge is 2.24. The fraction of sp³-hybridized carbons (Fsp3) is 0.350. The second-order valence-electron chi connectivity index (χ2n) is 6.86. The fourth-order valence-corrected chi connectivity index (χ4v) is 4.14. The number of nitrogens with zero attached hydrogens (tertiary/aromatic N) is 3. The molecule has 1 aliphatic rings. The van der Waals surface area contributed by atoms with E-state index in [0.29, 0.717) is 22.5 Å². The summed E-state index contributed by atoms with van der Waals surface area (Å²) in [6, 6.07) is 13.8. The van der Waals surface area contributed by atoms with Crippen molar-refractivity contribution < 1.29 is 5.11 Å². The minimum absolute atomic E-state index is 0.222. The van der Waals surface area contributed by atoms with Gasteiger partial charge in [-0.25, -0.2) is 4.98 Å². The summed E-state index contributed by atoms with van der Waals surface area (Å²) < 4.78 is 2.21. The Morgan fingerprint density at radius 3 is 2.81 bits per heavy atom. The Bertz CT molecular complexity index is 925. The number of piperidine rings is 1. The monoisotopic (exact) mass is 389 g/mol. The lowest BCUT2D eigenvalue weighted by Crippen LogP contribution is -2.38. The summed E-state index contributed by atoms with van der Waals surface area (Å²) in [4.78, 5) is 7.17. The van der Waals surface area contributed by atoms with E-state index in [4.69, 9.17) is 28.2 Å². The predicted molar refractivity (Wildman–Crippen MR) is 107 cm³/mol. The van der Waals surface area contributed by atoms with E-state index in [1.54, 1.807) is 6.07 Å². The number of para-hydroxylation sites is 2. The SMILES string of the molecule is OC[C@H]1CCCN(c2nc3ccccc3n2Cc2ccc(Cl)cc2Cl)C1. The molecule has 1 fully saturated rings. The molecule has 4 rings (SSSR count). The number of anilines is 1. The zero-order valence-corrected chi connectivity index (χ0v) is 15.9. The number of benzene rings is 2. The molecule has 2 aromatic carbocycles. The van der Waals surface area contributed by atoms with Gasteiger partial charge in [-0.1, -0.05) is 41.4 Å². The summed E-state index contributed by atoms with van der Waals surface area (Å²) >= 11 is 12.5. The van der Waals surface area contributed by atoms with Crippen LogP contribution in [-0.2, 0) is 6.54 Å². The molecule has 0 aliphatic carbocycles. The molecule has 3 aromatic rings. The first-order valence-electron chi connectivity index (χ1n) is 8.90. The van der Waals surface area contributed by atoms with Gasteiger partial charge in [0.15, 0.2) is 0 Å². The van der Waals surface area contributed by atoms with Gasteiger partial charge >= 0.3 is 0 Å². The molecule has 26 heavy (non-hydrogen) atoms. The molecule has 0 saturated carbocycles. The van der Waals surface area contributed by atoms with Gasteiger partial charge in [0.05, 0.1) is 17.6 Å². The highest BCUT2D eigenvalue weighted by molar-refractivity contribution is 6.35. The van der Waals surface area contributed by atoms with Crippen LogP contribution in [0.5, 0.6) is 0 Å². The molecular formula is C20H21Cl2N3O. The molecule has 1 saturated heterocycles. The van der Waals surface area contributed by atoms with Crippen LogP contribution in [0.3, 0.4) is 0 Å². The molecule has 0 radical (unpaired) electrons. The summed E-state index contributed by atoms with van der Waals surface area (Å²) in [5.41, 5.74) is 3.06. The lowest BCUT2D eigenvalue weighted by atomic mass is 9.99. The number of aliphatic hydroxyl groups excluding tert-OH is 1. The van der Waals surface area contributed by atoms with Crippen molar-refractivity contribution in [2.24, 2.45) is 5.92 Å². The van der Waals surface area contributed by atoms with E-state index < -0.39 is 0 Å². The number of hydrogen-bond donors (Lipinski definition) is 1. The molecule has 1 aromatic heterocycles. The fourth-order valence-electron chi connectivity index (χ4n) is 3.68. The molecular weight excluding hydrogens is 369 g/mol. The third-order valence-corrected chi connectivity index (χ3v) is 5.62. The highest BCUT2D eigenvalue weighted by atomic mass is 35.5. The van der Waals surface area contributed by atoms with E-state index in [1.807, 2.05) is 30.3 Å². The van der Waals surface area contributed by atoms with Crippen LogP contribution >= 0.6 is 23.2 Å². The second-order valence-corrected chi connectivity index (χ2v) is 7.70. The number of halogens is 2. The topological polar surface area (TPSA) is 41.3 Å². The predicted octanol–water partition coefficient (Wildman–Crippen LogP) is 4.60. The third kappa shape index (κ3) is 3.41. The summed E-state index contributed by atoms with van der Waals surface area (Å²) in [6.07, 6.45) is 2.13. The van der Waals surface area contributed by atoms with Crippen molar-refractivity contribution in [1.82, 2.24) is 9.55 Å². The number of fused-ring (bicyclic) bond motifs is 1. The van der Waals surface area contributed by atoms with Crippen molar-refractivity contribution in [2.45, 2.75) is 19.4 Å². The molecule has 0 unspecified atom stereocenters. The van der Waals surface area contributed by atoms with Crippen LogP contribution < -0.4 is 4.90 Å². The van der Waals surface area contributed by atoms with Crippen LogP contribution in [0.2, 0.25) is 10.0 Å². The lowest BCUT2D eigenvalue weighted by Gasteiger charge is -2.33. The molecule has 1 N–H and O–H groups in total. The van der Waals surface area contributed by atoms with Crippen LogP contribution in [0.15, 0.2) is 42.5 Å². The number of rotatable bonds is 4. The van der Waals surface area contributed by atoms with Gasteiger partial charge in [-0.2, -0.15) is 0 Å². The van der Waals surface area contributed by atoms with Gasteiger partial charge in [0.2, 0.25) is 5.95 Å². The molecule has 136 valence electrons. The molecule has 0 bridgehead atoms. The van der Waals surface area contributed by atoms with Crippen LogP contribution in [0.25, 0.3) is 11.0 Å². The largest absolute Gasteiger partial charge is 0.396 e. The minimum Gasteiger partial charge on any atom is -0.396 e. The van der Waals surface area contributed by atoms with E-state index in [1.165, 1.54) is 0 Å². The normalized spacial score (nSPS) is 17.8. The van der Waals surface area contributed by atoms with E-state index in [2.05, 4.69) is 15.5 Å². The van der Waals surface area contributed by atoms with Crippen molar-refractivity contribution in [3.8, 4) is 0 Å². The van der Waals surface area contributed by atoms with Gasteiger partial charge in [-0.3, -0.25) is 0 Å². The van der Waals surface area contributed by atoms with Crippen molar-refractivity contribution in [1.29, 1.82) is 0 Å². The number of aliphatic hydroxyl groups is 1. The molecule has 1 atom stereocenters. The van der Waals surface area contributed by atoms with E-state index in [-0.39, 0.29) is 6.61 Å². The smallest absolute Gasteiger partial charge is 0.206 e. The number of aromatic nitrogens is 2. The van der Waals surface area contributed by atoms with Gasteiger partial charge in [0.25, 0.3) is 0 Å². The standard InChI is InChI=1S/C20H21Cl2N3O/c21-16-8-7-15(17(22)10-16)12-25-19-6-2-1-5-18(19)23-20(25)24-9-3-4-14(11-24)13-26/h1-2,5-8,10,14,26H,3-4,9,11-13H2/t14-/m0/s1. The maximum absolute atomic E-state index is 9.58. The lowest BCUT2D eigenvalue weighted by molar-refractivity contribution is 0.208. The summed E-state index contributed by atoms with van der Waals surface area (Å²) in [7, 11) is 0. The van der Waals surface area contributed by atoms with E-state index in [9.17, 15) is 5.11 Å². The summed E-state index contributed by atoms with van der Waals surface area (Å²) in [5.74, 6) is 1.24. The molecule has 2 heterocycles. The molecule has 0 spiro atoms. The van der Waals surface area contributed by atoms with Crippen LogP contribution in [0.1, 0.15) is 18.4 Å². The summed E-state index contributed by atoms with van der Waals surface area (Å²) in [6.45, 7) is 2.63. The second kappa shape index (κ2) is 7.47. The molecule has 6 heteroatoms. The van der Waals surface area contributed by atoms with Crippen molar-refractivity contribution in [3.63, 3.8) is 0 Å². The Morgan fingerprint density at radius 2 is 2.00 bits per heavy atom. The maximum Gasteiger partial charge on any atom is 0.206 e. The Labute approximate surface area is 163 Å². The average Bonchev–Trinajstić information content (AvgIpc) is 3.03. The number of imidazole rings is 1. The quantitative estimate of drug-likeness (QED) is 0.708. The van der Waals surface area contributed by atoms with E-state index in [0.717, 1.165) is 48.5 Å². The van der Waals surface area contributed by atoms with Gasteiger partial charge in [0, 0.05) is 29.7 Å². The molecule has 4 nitrogen and oxygen atoms in total. The van der Waals surface area contributed by atoms with Gasteiger partial charge in [-0.15, -0.1) is 0 Å². The van der Waals surface area contributed by atoms with Crippen LogP contribution in [-0.4, -0.2) is 34.4 Å². The van der Waals surface area contributed by atoms with Crippen LogP contribution in [0.4, 0.5) is 5.95 Å². The highest BCUT2D eigenvalue weighted by Crippen LogP contribution is 2.29. The average molecular weight is 390 g/mol. The van der Waals surface area contributed by atoms with Crippen molar-refractivity contribution >= 4 is 40.2 Å². The first-order chi connectivity index (χ1) is 12.7. The first-order valence-corrected chi connectivity index (χ1v) is 9.66. The zero-order chi connectivity index (χ0) is 18.1. The van der Waals surface area contributed by atoms with Gasteiger partial charge < -0.3 is 14.6 Å². The maximum atomic E-state index is 9.58. The van der Waals surface area contributed by atoms with Crippen molar-refractivity contribution in [3.05, 3.63) is 58.1 Å². The van der Waals surface area contributed by atoms with Gasteiger partial charge in [-0.05, 0) is 48.6 Å². The first kappa shape index (κ1) is 17.7. The van der Waals surface area contributed by atoms with Gasteiger partial charge in [0.1, 0.15) is 0 Å². The van der Waals surface area contributed by atoms with E-state index >= 15 is 0 Å². The summed E-state index contributed by atoms with van der Waals surface area (Å²) in [5, 5.41) is 10.9. The Morgan fingerprint density at radius 1 is 1.15 bits per heavy atom. The Hall–Kier alpha value is -1.75. The van der Waals surface area contributed by atoms with Crippen molar-refractivity contribution in [2.75, 3.05) is 24.6 Å². The van der Waals surface area contributed by atoms with Crippen LogP contribution in [0, 0.1) is 5.92 Å². The Balaban J connectivity index is 1.76. The Kier molecular flexibility index (Phi) is 5.07. The minimum atomic E-state index is 0.222. The zero-order valence-electron chi connectivity index (χ0n) is 14.4. The third-order valence-electron chi connectivity index (χ3n) is 5.04.